The topological polar surface area (TPSA) is 52.1 Å². The molecule has 3 saturated heterocycles. The summed E-state index contributed by atoms with van der Waals surface area (Å²) in [6.45, 7) is 16.9. The third-order valence-electron chi connectivity index (χ3n) is 4.41. The van der Waals surface area contributed by atoms with Crippen molar-refractivity contribution in [2.75, 3.05) is 65.6 Å². The van der Waals surface area contributed by atoms with Gasteiger partial charge in [0, 0.05) is 65.1 Å². The summed E-state index contributed by atoms with van der Waals surface area (Å²) < 4.78 is 5.61. The standard InChI is InChI=1S/C17H35N5O/c1-4-18-17(19-6-5-11-23-14-15(2)3)20-12-16-13-21-7-9-22(16)10-8-21/h15-16H,4-14H2,1-3H3,(H2,18,19,20). The van der Waals surface area contributed by atoms with Gasteiger partial charge in [-0.15, -0.1) is 0 Å². The van der Waals surface area contributed by atoms with Gasteiger partial charge < -0.3 is 15.4 Å². The van der Waals surface area contributed by atoms with Crippen molar-refractivity contribution in [1.82, 2.24) is 20.4 Å². The quantitative estimate of drug-likeness (QED) is 0.369. The molecule has 6 heteroatoms. The summed E-state index contributed by atoms with van der Waals surface area (Å²) in [6.07, 6.45) is 1.01. The maximum atomic E-state index is 5.61. The molecule has 134 valence electrons. The summed E-state index contributed by atoms with van der Waals surface area (Å²) in [5.41, 5.74) is 0. The molecular formula is C17H35N5O. The van der Waals surface area contributed by atoms with Gasteiger partial charge in [0.15, 0.2) is 5.96 Å². The molecule has 0 aromatic carbocycles. The number of hydrogen-bond donors (Lipinski definition) is 2. The van der Waals surface area contributed by atoms with Crippen molar-refractivity contribution in [1.29, 1.82) is 0 Å². The van der Waals surface area contributed by atoms with Gasteiger partial charge in [-0.1, -0.05) is 13.8 Å². The molecule has 23 heavy (non-hydrogen) atoms. The lowest BCUT2D eigenvalue weighted by Crippen LogP contribution is -2.62. The predicted octanol–water partition coefficient (Wildman–Crippen LogP) is 0.604. The summed E-state index contributed by atoms with van der Waals surface area (Å²) in [5.74, 6) is 1.55. The Bertz CT molecular complexity index is 353. The number of rotatable bonds is 9. The Hall–Kier alpha value is -0.850. The number of hydrogen-bond acceptors (Lipinski definition) is 4. The molecule has 0 amide bonds. The zero-order chi connectivity index (χ0) is 16.5. The van der Waals surface area contributed by atoms with Gasteiger partial charge in [0.2, 0.25) is 0 Å². The van der Waals surface area contributed by atoms with Crippen molar-refractivity contribution in [3.63, 3.8) is 0 Å². The molecular weight excluding hydrogens is 290 g/mol. The van der Waals surface area contributed by atoms with Gasteiger partial charge in [-0.2, -0.15) is 0 Å². The fraction of sp³-hybridized carbons (Fsp3) is 0.941. The second-order valence-electron chi connectivity index (χ2n) is 6.96. The van der Waals surface area contributed by atoms with Crippen molar-refractivity contribution in [3.05, 3.63) is 0 Å². The number of piperazine rings is 3. The molecule has 1 unspecified atom stereocenters. The average molecular weight is 326 g/mol. The number of ether oxygens (including phenoxy) is 1. The summed E-state index contributed by atoms with van der Waals surface area (Å²) in [5, 5.41) is 6.76. The molecule has 6 nitrogen and oxygen atoms in total. The number of nitrogens with zero attached hydrogens (tertiary/aromatic N) is 3. The van der Waals surface area contributed by atoms with E-state index in [9.17, 15) is 0 Å². The molecule has 3 fully saturated rings. The average Bonchev–Trinajstić information content (AvgIpc) is 2.56. The third-order valence-corrected chi connectivity index (χ3v) is 4.41. The molecule has 3 heterocycles. The molecule has 3 aliphatic rings. The van der Waals surface area contributed by atoms with Crippen LogP contribution in [0.1, 0.15) is 27.2 Å². The van der Waals surface area contributed by atoms with E-state index < -0.39 is 0 Å². The minimum absolute atomic E-state index is 0.585. The maximum Gasteiger partial charge on any atom is 0.191 e. The van der Waals surface area contributed by atoms with E-state index in [-0.39, 0.29) is 0 Å². The van der Waals surface area contributed by atoms with Crippen molar-refractivity contribution < 1.29 is 4.74 Å². The number of fused-ring (bicyclic) bond motifs is 3. The van der Waals surface area contributed by atoms with E-state index in [1.807, 2.05) is 0 Å². The van der Waals surface area contributed by atoms with Gasteiger partial charge in [0.25, 0.3) is 0 Å². The lowest BCUT2D eigenvalue weighted by molar-refractivity contribution is 0.0174. The van der Waals surface area contributed by atoms with Crippen LogP contribution < -0.4 is 10.6 Å². The van der Waals surface area contributed by atoms with E-state index in [0.717, 1.165) is 45.2 Å². The van der Waals surface area contributed by atoms with Crippen LogP contribution in [0.15, 0.2) is 4.99 Å². The number of nitrogens with one attached hydrogen (secondary N) is 2. The molecule has 1 atom stereocenters. The highest BCUT2D eigenvalue weighted by molar-refractivity contribution is 5.79. The maximum absolute atomic E-state index is 5.61. The first-order chi connectivity index (χ1) is 11.2. The first-order valence-electron chi connectivity index (χ1n) is 9.25. The smallest absolute Gasteiger partial charge is 0.191 e. The Balaban J connectivity index is 1.66. The molecule has 0 spiro atoms. The normalized spacial score (nSPS) is 27.5. The monoisotopic (exact) mass is 325 g/mol. The molecule has 0 aliphatic carbocycles. The van der Waals surface area contributed by atoms with Crippen LogP contribution in [0.2, 0.25) is 0 Å². The molecule has 0 radical (unpaired) electrons. The van der Waals surface area contributed by atoms with Gasteiger partial charge >= 0.3 is 0 Å². The van der Waals surface area contributed by atoms with Crippen LogP contribution in [-0.2, 0) is 4.74 Å². The van der Waals surface area contributed by atoms with Gasteiger partial charge in [-0.05, 0) is 19.3 Å². The van der Waals surface area contributed by atoms with Crippen LogP contribution in [0.4, 0.5) is 0 Å². The van der Waals surface area contributed by atoms with Crippen LogP contribution in [0.5, 0.6) is 0 Å². The SMILES string of the molecule is CCNC(=NCC1CN2CCN1CC2)NCCCOCC(C)C. The predicted molar refractivity (Wildman–Crippen MR) is 96.1 cm³/mol. The van der Waals surface area contributed by atoms with Crippen LogP contribution >= 0.6 is 0 Å². The number of aliphatic imine (C=N–C) groups is 1. The second kappa shape index (κ2) is 10.1. The Labute approximate surface area is 141 Å². The second-order valence-corrected chi connectivity index (χ2v) is 6.96. The lowest BCUT2D eigenvalue weighted by Gasteiger charge is -2.47. The van der Waals surface area contributed by atoms with Gasteiger partial charge in [0.05, 0.1) is 6.54 Å². The van der Waals surface area contributed by atoms with Crippen LogP contribution in [0.3, 0.4) is 0 Å². The summed E-state index contributed by atoms with van der Waals surface area (Å²) in [7, 11) is 0. The van der Waals surface area contributed by atoms with Crippen molar-refractivity contribution in [2.24, 2.45) is 10.9 Å². The molecule has 3 aliphatic heterocycles. The van der Waals surface area contributed by atoms with Gasteiger partial charge in [-0.3, -0.25) is 14.8 Å². The molecule has 0 aromatic heterocycles. The van der Waals surface area contributed by atoms with Gasteiger partial charge in [0.1, 0.15) is 0 Å². The van der Waals surface area contributed by atoms with E-state index in [2.05, 4.69) is 41.2 Å². The summed E-state index contributed by atoms with van der Waals surface area (Å²) in [6, 6.07) is 0.585. The minimum atomic E-state index is 0.585. The highest BCUT2D eigenvalue weighted by atomic mass is 16.5. The lowest BCUT2D eigenvalue weighted by atomic mass is 10.1. The molecule has 2 bridgehead atoms. The zero-order valence-electron chi connectivity index (χ0n) is 15.2. The molecule has 2 N–H and O–H groups in total. The highest BCUT2D eigenvalue weighted by Gasteiger charge is 2.31. The van der Waals surface area contributed by atoms with E-state index in [4.69, 9.17) is 9.73 Å². The van der Waals surface area contributed by atoms with Crippen LogP contribution in [0.25, 0.3) is 0 Å². The minimum Gasteiger partial charge on any atom is -0.381 e. The van der Waals surface area contributed by atoms with Crippen LogP contribution in [0, 0.1) is 5.92 Å². The van der Waals surface area contributed by atoms with E-state index >= 15 is 0 Å². The Morgan fingerprint density at radius 2 is 2.00 bits per heavy atom. The van der Waals surface area contributed by atoms with Crippen molar-refractivity contribution in [2.45, 2.75) is 33.2 Å². The largest absolute Gasteiger partial charge is 0.381 e. The van der Waals surface area contributed by atoms with E-state index in [1.165, 1.54) is 32.7 Å². The Morgan fingerprint density at radius 3 is 2.61 bits per heavy atom. The van der Waals surface area contributed by atoms with Crippen LogP contribution in [-0.4, -0.2) is 87.4 Å². The molecule has 0 aromatic rings. The fourth-order valence-electron chi connectivity index (χ4n) is 3.14. The Kier molecular flexibility index (Phi) is 8.12. The zero-order valence-corrected chi connectivity index (χ0v) is 15.2. The van der Waals surface area contributed by atoms with E-state index in [0.29, 0.717) is 12.0 Å². The fourth-order valence-corrected chi connectivity index (χ4v) is 3.14. The first kappa shape index (κ1) is 18.5. The highest BCUT2D eigenvalue weighted by Crippen LogP contribution is 2.15. The first-order valence-corrected chi connectivity index (χ1v) is 9.25. The van der Waals surface area contributed by atoms with E-state index in [1.54, 1.807) is 0 Å². The number of guanidine groups is 1. The molecule has 0 saturated carbocycles. The Morgan fingerprint density at radius 1 is 1.22 bits per heavy atom. The van der Waals surface area contributed by atoms with Gasteiger partial charge in [-0.25, -0.2) is 0 Å². The summed E-state index contributed by atoms with van der Waals surface area (Å²) in [4.78, 5) is 9.94. The van der Waals surface area contributed by atoms with Crippen molar-refractivity contribution in [3.8, 4) is 0 Å². The molecule has 3 rings (SSSR count). The van der Waals surface area contributed by atoms with Crippen molar-refractivity contribution >= 4 is 5.96 Å². The third kappa shape index (κ3) is 6.65. The summed E-state index contributed by atoms with van der Waals surface area (Å²) >= 11 is 0.